The molecule has 0 aliphatic carbocycles. The Bertz CT molecular complexity index is 420. The van der Waals surface area contributed by atoms with E-state index in [4.69, 9.17) is 14.2 Å². The van der Waals surface area contributed by atoms with Gasteiger partial charge in [-0.05, 0) is 24.6 Å². The van der Waals surface area contributed by atoms with Crippen molar-refractivity contribution in [3.8, 4) is 0 Å². The van der Waals surface area contributed by atoms with Crippen molar-refractivity contribution in [1.29, 1.82) is 0 Å². The number of hydrogen-bond acceptors (Lipinski definition) is 4. The summed E-state index contributed by atoms with van der Waals surface area (Å²) in [5.74, 6) is 0. The predicted octanol–water partition coefficient (Wildman–Crippen LogP) is 3.11. The van der Waals surface area contributed by atoms with Crippen molar-refractivity contribution in [3.05, 3.63) is 41.8 Å². The lowest BCUT2D eigenvalue weighted by Crippen LogP contribution is -2.14. The molecule has 0 aliphatic heterocycles. The standard InChI is InChI=1S/C16H24O4S/c1-3-7-15(20-14-19-12-11-18-2)10-13-21(17)16-8-5-4-6-9-16/h4-6,8-10,13,15H,3,7,11-12,14H2,1-2H3/b13-10+/t15-,21-/m1/s1. The molecule has 4 nitrogen and oxygen atoms in total. The van der Waals surface area contributed by atoms with Gasteiger partial charge in [-0.15, -0.1) is 0 Å². The molecule has 0 radical (unpaired) electrons. The van der Waals surface area contributed by atoms with E-state index in [0.29, 0.717) is 13.2 Å². The van der Waals surface area contributed by atoms with Crippen LogP contribution in [0.15, 0.2) is 46.7 Å². The minimum atomic E-state index is -1.14. The molecule has 0 spiro atoms. The van der Waals surface area contributed by atoms with Crippen LogP contribution < -0.4 is 0 Å². The van der Waals surface area contributed by atoms with Crippen LogP contribution in [0.4, 0.5) is 0 Å². The third-order valence-corrected chi connectivity index (χ3v) is 3.90. The van der Waals surface area contributed by atoms with E-state index >= 15 is 0 Å². The molecule has 0 heterocycles. The molecule has 0 saturated heterocycles. The molecule has 0 N–H and O–H groups in total. The van der Waals surface area contributed by atoms with E-state index in [-0.39, 0.29) is 12.9 Å². The van der Waals surface area contributed by atoms with Crippen molar-refractivity contribution >= 4 is 10.8 Å². The average molecular weight is 312 g/mol. The first kappa shape index (κ1) is 18.0. The van der Waals surface area contributed by atoms with Gasteiger partial charge in [-0.2, -0.15) is 0 Å². The van der Waals surface area contributed by atoms with E-state index in [9.17, 15) is 4.21 Å². The molecule has 5 heteroatoms. The largest absolute Gasteiger partial charge is 0.382 e. The van der Waals surface area contributed by atoms with Crippen LogP contribution >= 0.6 is 0 Å². The first-order valence-corrected chi connectivity index (χ1v) is 8.31. The fourth-order valence-electron chi connectivity index (χ4n) is 1.65. The molecule has 0 aromatic heterocycles. The lowest BCUT2D eigenvalue weighted by Gasteiger charge is -2.13. The smallest absolute Gasteiger partial charge is 0.147 e. The second kappa shape index (κ2) is 11.6. The molecule has 0 amide bonds. The Kier molecular flexibility index (Phi) is 9.99. The van der Waals surface area contributed by atoms with Gasteiger partial charge in [0.1, 0.15) is 6.79 Å². The van der Waals surface area contributed by atoms with Crippen LogP contribution in [0.5, 0.6) is 0 Å². The molecule has 0 bridgehead atoms. The Hall–Kier alpha value is -1.01. The van der Waals surface area contributed by atoms with Crippen molar-refractivity contribution < 1.29 is 18.4 Å². The zero-order valence-corrected chi connectivity index (χ0v) is 13.5. The number of hydrogen-bond donors (Lipinski definition) is 0. The van der Waals surface area contributed by atoms with E-state index in [1.165, 1.54) is 0 Å². The van der Waals surface area contributed by atoms with Crippen molar-refractivity contribution in [2.24, 2.45) is 0 Å². The number of rotatable bonds is 11. The molecule has 21 heavy (non-hydrogen) atoms. The zero-order valence-electron chi connectivity index (χ0n) is 12.7. The molecule has 0 unspecified atom stereocenters. The van der Waals surface area contributed by atoms with Crippen molar-refractivity contribution in [2.45, 2.75) is 30.8 Å². The van der Waals surface area contributed by atoms with Gasteiger partial charge in [0.15, 0.2) is 0 Å². The summed E-state index contributed by atoms with van der Waals surface area (Å²) in [4.78, 5) is 0.792. The molecule has 0 aliphatic rings. The van der Waals surface area contributed by atoms with Gasteiger partial charge in [0.25, 0.3) is 0 Å². The van der Waals surface area contributed by atoms with E-state index in [1.807, 2.05) is 36.4 Å². The van der Waals surface area contributed by atoms with E-state index in [2.05, 4.69) is 6.92 Å². The Morgan fingerprint density at radius 1 is 1.24 bits per heavy atom. The van der Waals surface area contributed by atoms with Gasteiger partial charge in [-0.25, -0.2) is 4.21 Å². The summed E-state index contributed by atoms with van der Waals surface area (Å²) in [5.41, 5.74) is 0. The first-order valence-electron chi connectivity index (χ1n) is 7.10. The third-order valence-electron chi connectivity index (χ3n) is 2.76. The summed E-state index contributed by atoms with van der Waals surface area (Å²) in [5, 5.41) is 1.69. The van der Waals surface area contributed by atoms with Gasteiger partial charge < -0.3 is 14.2 Å². The minimum absolute atomic E-state index is 0.0785. The molecule has 1 rings (SSSR count). The Balaban J connectivity index is 2.41. The molecular weight excluding hydrogens is 288 g/mol. The van der Waals surface area contributed by atoms with Crippen molar-refractivity contribution in [1.82, 2.24) is 0 Å². The lowest BCUT2D eigenvalue weighted by molar-refractivity contribution is -0.0863. The topological polar surface area (TPSA) is 44.8 Å². The van der Waals surface area contributed by atoms with E-state index in [1.54, 1.807) is 12.5 Å². The highest BCUT2D eigenvalue weighted by atomic mass is 32.2. The summed E-state index contributed by atoms with van der Waals surface area (Å²) in [6.45, 7) is 3.37. The Morgan fingerprint density at radius 2 is 2.00 bits per heavy atom. The zero-order chi connectivity index (χ0) is 15.3. The van der Waals surface area contributed by atoms with Gasteiger partial charge in [-0.3, -0.25) is 0 Å². The Labute approximate surface area is 129 Å². The summed E-state index contributed by atoms with van der Waals surface area (Å²) in [6.07, 6.45) is 3.64. The van der Waals surface area contributed by atoms with Gasteiger partial charge in [0, 0.05) is 17.4 Å². The normalized spacial score (nSPS) is 14.4. The maximum absolute atomic E-state index is 12.1. The van der Waals surface area contributed by atoms with Crippen LogP contribution in [-0.4, -0.2) is 37.4 Å². The highest BCUT2D eigenvalue weighted by Crippen LogP contribution is 2.10. The van der Waals surface area contributed by atoms with Crippen LogP contribution in [-0.2, 0) is 25.0 Å². The number of methoxy groups -OCH3 is 1. The summed E-state index contributed by atoms with van der Waals surface area (Å²) < 4.78 is 27.9. The van der Waals surface area contributed by atoms with Crippen LogP contribution in [0.1, 0.15) is 19.8 Å². The van der Waals surface area contributed by atoms with E-state index in [0.717, 1.165) is 17.7 Å². The fraction of sp³-hybridized carbons (Fsp3) is 0.500. The van der Waals surface area contributed by atoms with Crippen LogP contribution in [0, 0.1) is 0 Å². The van der Waals surface area contributed by atoms with Crippen molar-refractivity contribution in [2.75, 3.05) is 27.1 Å². The predicted molar refractivity (Wildman–Crippen MR) is 84.5 cm³/mol. The third kappa shape index (κ3) is 8.12. The lowest BCUT2D eigenvalue weighted by atomic mass is 10.2. The quantitative estimate of drug-likeness (QED) is 0.465. The Morgan fingerprint density at radius 3 is 2.67 bits per heavy atom. The minimum Gasteiger partial charge on any atom is -0.382 e. The highest BCUT2D eigenvalue weighted by molar-refractivity contribution is 7.88. The maximum atomic E-state index is 12.1. The second-order valence-electron chi connectivity index (χ2n) is 4.45. The van der Waals surface area contributed by atoms with Gasteiger partial charge in [0.2, 0.25) is 0 Å². The average Bonchev–Trinajstić information content (AvgIpc) is 2.52. The van der Waals surface area contributed by atoms with E-state index < -0.39 is 10.8 Å². The molecule has 118 valence electrons. The summed E-state index contributed by atoms with van der Waals surface area (Å²) >= 11 is 0. The monoisotopic (exact) mass is 312 g/mol. The molecule has 0 fully saturated rings. The second-order valence-corrected chi connectivity index (χ2v) is 5.79. The first-order chi connectivity index (χ1) is 10.3. The maximum Gasteiger partial charge on any atom is 0.147 e. The summed E-state index contributed by atoms with van der Waals surface area (Å²) in [6, 6.07) is 9.37. The van der Waals surface area contributed by atoms with Gasteiger partial charge >= 0.3 is 0 Å². The molecule has 1 aromatic carbocycles. The van der Waals surface area contributed by atoms with Gasteiger partial charge in [0.05, 0.1) is 30.1 Å². The molecular formula is C16H24O4S. The van der Waals surface area contributed by atoms with Gasteiger partial charge in [-0.1, -0.05) is 31.5 Å². The van der Waals surface area contributed by atoms with Crippen LogP contribution in [0.2, 0.25) is 0 Å². The SMILES string of the molecule is CCC[C@H](/C=C/[S@@](=O)c1ccccc1)OCOCCOC. The molecule has 2 atom stereocenters. The fourth-order valence-corrected chi connectivity index (χ4v) is 2.55. The van der Waals surface area contributed by atoms with Crippen LogP contribution in [0.3, 0.4) is 0 Å². The van der Waals surface area contributed by atoms with Crippen molar-refractivity contribution in [3.63, 3.8) is 0 Å². The highest BCUT2D eigenvalue weighted by Gasteiger charge is 2.05. The number of benzene rings is 1. The molecule has 0 saturated carbocycles. The number of ether oxygens (including phenoxy) is 3. The van der Waals surface area contributed by atoms with Crippen LogP contribution in [0.25, 0.3) is 0 Å². The summed E-state index contributed by atoms with van der Waals surface area (Å²) in [7, 11) is 0.491. The molecule has 1 aromatic rings.